The van der Waals surface area contributed by atoms with E-state index in [1.54, 1.807) is 0 Å². The van der Waals surface area contributed by atoms with Gasteiger partial charge in [0.25, 0.3) is 0 Å². The van der Waals surface area contributed by atoms with Crippen molar-refractivity contribution in [2.45, 2.75) is 62.0 Å². The quantitative estimate of drug-likeness (QED) is 0.329. The number of hydrogen-bond acceptors (Lipinski definition) is 9. The smallest absolute Gasteiger partial charge is 0.315 e. The molecule has 6 saturated carbocycles. The number of benzene rings is 1. The van der Waals surface area contributed by atoms with Crippen molar-refractivity contribution < 1.29 is 41.6 Å². The molecule has 1 heterocycles. The lowest BCUT2D eigenvalue weighted by Crippen LogP contribution is -2.53. The lowest BCUT2D eigenvalue weighted by atomic mass is 9.49. The maximum absolute atomic E-state index is 13.6. The molecule has 1 aromatic rings. The van der Waals surface area contributed by atoms with Crippen LogP contribution in [0.1, 0.15) is 44.9 Å². The molecule has 7 fully saturated rings. The van der Waals surface area contributed by atoms with Crippen molar-refractivity contribution in [3.8, 4) is 5.75 Å². The van der Waals surface area contributed by atoms with Gasteiger partial charge in [-0.1, -0.05) is 0 Å². The van der Waals surface area contributed by atoms with Crippen LogP contribution < -0.4 is 4.74 Å². The summed E-state index contributed by atoms with van der Waals surface area (Å²) < 4.78 is 50.7. The van der Waals surface area contributed by atoms with E-state index in [4.69, 9.17) is 14.2 Å². The second-order valence-electron chi connectivity index (χ2n) is 11.9. The van der Waals surface area contributed by atoms with Gasteiger partial charge in [-0.15, -0.1) is 0 Å². The Morgan fingerprint density at radius 3 is 2.14 bits per heavy atom. The number of hydrogen-bond donors (Lipinski definition) is 0. The molecular weight excluding hydrogens is 488 g/mol. The van der Waals surface area contributed by atoms with E-state index >= 15 is 0 Å². The number of ether oxygens (including phenoxy) is 3. The summed E-state index contributed by atoms with van der Waals surface area (Å²) in [4.78, 5) is 39.1. The Labute approximate surface area is 208 Å². The monoisotopic (exact) mass is 515 g/mol. The molecule has 10 heteroatoms. The summed E-state index contributed by atoms with van der Waals surface area (Å²) in [5.41, 5.74) is -0.446. The van der Waals surface area contributed by atoms with Crippen LogP contribution in [0.25, 0.3) is 0 Å². The van der Waals surface area contributed by atoms with Crippen LogP contribution in [0.5, 0.6) is 5.75 Å². The van der Waals surface area contributed by atoms with E-state index in [2.05, 4.69) is 0 Å². The van der Waals surface area contributed by atoms with E-state index in [1.807, 2.05) is 0 Å². The van der Waals surface area contributed by atoms with Crippen LogP contribution in [0.15, 0.2) is 29.2 Å². The number of fused-ring (bicyclic) bond motifs is 1. The van der Waals surface area contributed by atoms with Gasteiger partial charge in [0.1, 0.15) is 28.1 Å². The molecule has 8 rings (SSSR count). The Balaban J connectivity index is 1.10. The SMILES string of the molecule is O=C1OC2C3CC(C2OC(=O)C24CC5CC(CC(C5)C2)C4)C(C(=O)Oc2ccc(S(=O)(=O)[O-])cc2)C13. The van der Waals surface area contributed by atoms with Gasteiger partial charge in [0, 0.05) is 11.8 Å². The second kappa shape index (κ2) is 7.54. The maximum Gasteiger partial charge on any atom is 0.315 e. The Hall–Kier alpha value is -2.46. The first-order chi connectivity index (χ1) is 17.1. The molecule has 36 heavy (non-hydrogen) atoms. The number of esters is 3. The zero-order valence-corrected chi connectivity index (χ0v) is 20.4. The molecule has 0 spiro atoms. The molecule has 1 saturated heterocycles. The van der Waals surface area contributed by atoms with Crippen LogP contribution in [0.4, 0.5) is 0 Å². The van der Waals surface area contributed by atoms with Crippen LogP contribution in [-0.2, 0) is 34.0 Å². The molecule has 1 aliphatic heterocycles. The minimum atomic E-state index is -4.62. The van der Waals surface area contributed by atoms with Crippen LogP contribution >= 0.6 is 0 Å². The van der Waals surface area contributed by atoms with Crippen molar-refractivity contribution in [2.24, 2.45) is 46.8 Å². The van der Waals surface area contributed by atoms with E-state index < -0.39 is 56.4 Å². The lowest BCUT2D eigenvalue weighted by molar-refractivity contribution is -0.187. The normalized spacial score (nSPS) is 43.5. The average Bonchev–Trinajstić information content (AvgIpc) is 3.42. The summed E-state index contributed by atoms with van der Waals surface area (Å²) in [6, 6.07) is 4.61. The van der Waals surface area contributed by atoms with Gasteiger partial charge in [-0.3, -0.25) is 14.4 Å². The van der Waals surface area contributed by atoms with Gasteiger partial charge >= 0.3 is 17.9 Å². The molecule has 6 bridgehead atoms. The molecule has 0 N–H and O–H groups in total. The van der Waals surface area contributed by atoms with Gasteiger partial charge in [-0.2, -0.15) is 0 Å². The van der Waals surface area contributed by atoms with Crippen molar-refractivity contribution in [3.63, 3.8) is 0 Å². The molecule has 0 amide bonds. The molecule has 6 aliphatic carbocycles. The van der Waals surface area contributed by atoms with Crippen molar-refractivity contribution in [3.05, 3.63) is 24.3 Å². The summed E-state index contributed by atoms with van der Waals surface area (Å²) in [5.74, 6) is -1.48. The highest BCUT2D eigenvalue weighted by Gasteiger charge is 2.71. The van der Waals surface area contributed by atoms with Crippen LogP contribution in [-0.4, -0.2) is 43.1 Å². The van der Waals surface area contributed by atoms with E-state index in [0.717, 1.165) is 31.4 Å². The lowest BCUT2D eigenvalue weighted by Gasteiger charge is -2.55. The Kier molecular flexibility index (Phi) is 4.75. The summed E-state index contributed by atoms with van der Waals surface area (Å²) in [5, 5.41) is 0. The van der Waals surface area contributed by atoms with E-state index in [0.29, 0.717) is 24.2 Å². The fourth-order valence-electron chi connectivity index (χ4n) is 8.94. The van der Waals surface area contributed by atoms with Crippen LogP contribution in [0.2, 0.25) is 0 Å². The van der Waals surface area contributed by atoms with Gasteiger partial charge in [-0.25, -0.2) is 8.42 Å². The highest BCUT2D eigenvalue weighted by Crippen LogP contribution is 2.62. The minimum Gasteiger partial charge on any atom is -0.744 e. The number of carbonyl (C=O) groups excluding carboxylic acids is 3. The fourth-order valence-corrected chi connectivity index (χ4v) is 9.41. The molecule has 0 radical (unpaired) electrons. The van der Waals surface area contributed by atoms with Gasteiger partial charge in [-0.05, 0) is 87.0 Å². The first-order valence-corrected chi connectivity index (χ1v) is 14.2. The van der Waals surface area contributed by atoms with E-state index in [9.17, 15) is 27.4 Å². The van der Waals surface area contributed by atoms with Crippen molar-refractivity contribution in [1.29, 1.82) is 0 Å². The standard InChI is InChI=1S/C26H28O9S/c27-23(33-15-1-3-16(4-2-15)36(30,31)32)19-18-8-17-20(19)24(28)34-21(17)22(18)35-25(29)26-9-12-5-13(10-26)7-14(6-12)11-26/h1-4,12-14,17-22H,5-11H2,(H,30,31,32)/p-1. The van der Waals surface area contributed by atoms with E-state index in [-0.39, 0.29) is 23.6 Å². The molecule has 1 aromatic carbocycles. The molecule has 6 unspecified atom stereocenters. The third-order valence-electron chi connectivity index (χ3n) is 9.86. The minimum absolute atomic E-state index is 0.0696. The molecule has 9 nitrogen and oxygen atoms in total. The van der Waals surface area contributed by atoms with Gasteiger partial charge in [0.05, 0.1) is 22.1 Å². The number of rotatable bonds is 5. The average molecular weight is 516 g/mol. The molecular formula is C26H27O9S-. The third-order valence-corrected chi connectivity index (χ3v) is 10.7. The molecule has 6 atom stereocenters. The van der Waals surface area contributed by atoms with E-state index in [1.165, 1.54) is 31.4 Å². The topological polar surface area (TPSA) is 136 Å². The highest BCUT2D eigenvalue weighted by atomic mass is 32.2. The Bertz CT molecular complexity index is 1220. The Morgan fingerprint density at radius 1 is 0.944 bits per heavy atom. The van der Waals surface area contributed by atoms with Gasteiger partial charge < -0.3 is 18.8 Å². The third kappa shape index (κ3) is 3.29. The summed E-state index contributed by atoms with van der Waals surface area (Å²) in [7, 11) is -4.62. The first-order valence-electron chi connectivity index (χ1n) is 12.8. The van der Waals surface area contributed by atoms with Crippen molar-refractivity contribution in [2.75, 3.05) is 0 Å². The van der Waals surface area contributed by atoms with Crippen molar-refractivity contribution >= 4 is 28.0 Å². The van der Waals surface area contributed by atoms with Crippen molar-refractivity contribution in [1.82, 2.24) is 0 Å². The van der Waals surface area contributed by atoms with Gasteiger partial charge in [0.15, 0.2) is 0 Å². The zero-order valence-electron chi connectivity index (χ0n) is 19.5. The van der Waals surface area contributed by atoms with Crippen LogP contribution in [0, 0.1) is 46.8 Å². The maximum atomic E-state index is 13.6. The fraction of sp³-hybridized carbons (Fsp3) is 0.654. The van der Waals surface area contributed by atoms with Gasteiger partial charge in [0.2, 0.25) is 0 Å². The second-order valence-corrected chi connectivity index (χ2v) is 13.3. The summed E-state index contributed by atoms with van der Waals surface area (Å²) in [6.07, 6.45) is 5.59. The molecule has 7 aliphatic rings. The van der Waals surface area contributed by atoms with Crippen LogP contribution in [0.3, 0.4) is 0 Å². The molecule has 0 aromatic heterocycles. The summed E-state index contributed by atoms with van der Waals surface area (Å²) in [6.45, 7) is 0. The largest absolute Gasteiger partial charge is 0.744 e. The Morgan fingerprint density at radius 2 is 1.56 bits per heavy atom. The summed E-state index contributed by atoms with van der Waals surface area (Å²) >= 11 is 0. The zero-order chi connectivity index (χ0) is 25.0. The highest BCUT2D eigenvalue weighted by molar-refractivity contribution is 7.85. The predicted octanol–water partition coefficient (Wildman–Crippen LogP) is 2.43. The molecule has 192 valence electrons. The first kappa shape index (κ1) is 22.7. The number of carbonyl (C=O) groups is 3. The predicted molar refractivity (Wildman–Crippen MR) is 119 cm³/mol.